The van der Waals surface area contributed by atoms with E-state index in [2.05, 4.69) is 22.5 Å². The summed E-state index contributed by atoms with van der Waals surface area (Å²) in [5.74, 6) is -0.00375. The van der Waals surface area contributed by atoms with Crippen molar-refractivity contribution in [2.75, 3.05) is 66.4 Å². The van der Waals surface area contributed by atoms with Gasteiger partial charge in [-0.25, -0.2) is 0 Å². The van der Waals surface area contributed by atoms with E-state index in [1.807, 2.05) is 13.8 Å². The third-order valence-electron chi connectivity index (χ3n) is 5.27. The molecular weight excluding hydrogens is 430 g/mol. The molecule has 10 nitrogen and oxygen atoms in total. The number of ether oxygens (including phenoxy) is 3. The standard InChI is InChI=1S/C23H45N3O7/c1-18(28)19(24-6)7-8-20(29)22(2,3)25-10-13-32-15-16-33-17-21(30)23(4,5)26-9-12-31-14-11-27/h19,24-28H,1,7-17H2,2-6H3. The van der Waals surface area contributed by atoms with Crippen molar-refractivity contribution < 1.29 is 34.0 Å². The molecule has 0 aliphatic carbocycles. The number of aliphatic hydroxyl groups excluding tert-OH is 2. The van der Waals surface area contributed by atoms with Gasteiger partial charge in [0.25, 0.3) is 0 Å². The van der Waals surface area contributed by atoms with Crippen LogP contribution in [0.1, 0.15) is 40.5 Å². The fourth-order valence-electron chi connectivity index (χ4n) is 2.87. The van der Waals surface area contributed by atoms with Gasteiger partial charge < -0.3 is 40.4 Å². The minimum Gasteiger partial charge on any atom is -0.511 e. The van der Waals surface area contributed by atoms with Crippen LogP contribution >= 0.6 is 0 Å². The number of rotatable bonds is 22. The van der Waals surface area contributed by atoms with Gasteiger partial charge in [0.15, 0.2) is 11.6 Å². The van der Waals surface area contributed by atoms with Gasteiger partial charge in [-0.15, -0.1) is 0 Å². The molecule has 0 saturated heterocycles. The molecular formula is C23H45N3O7. The zero-order valence-electron chi connectivity index (χ0n) is 21.0. The normalized spacial score (nSPS) is 13.2. The van der Waals surface area contributed by atoms with Crippen LogP contribution < -0.4 is 16.0 Å². The maximum absolute atomic E-state index is 12.5. The molecule has 1 unspecified atom stereocenters. The molecule has 0 aromatic heterocycles. The van der Waals surface area contributed by atoms with Gasteiger partial charge in [0.2, 0.25) is 0 Å². The van der Waals surface area contributed by atoms with E-state index >= 15 is 0 Å². The lowest BCUT2D eigenvalue weighted by molar-refractivity contribution is -0.129. The first-order valence-corrected chi connectivity index (χ1v) is 11.4. The first-order valence-electron chi connectivity index (χ1n) is 11.4. The van der Waals surface area contributed by atoms with Crippen LogP contribution in [0.3, 0.4) is 0 Å². The molecule has 0 spiro atoms. The van der Waals surface area contributed by atoms with Gasteiger partial charge in [-0.1, -0.05) is 6.58 Å². The quantitative estimate of drug-likeness (QED) is 0.110. The Balaban J connectivity index is 3.93. The molecule has 0 rings (SSSR count). The van der Waals surface area contributed by atoms with E-state index in [0.29, 0.717) is 52.4 Å². The van der Waals surface area contributed by atoms with Gasteiger partial charge in [0.05, 0.1) is 56.8 Å². The van der Waals surface area contributed by atoms with Gasteiger partial charge >= 0.3 is 0 Å². The lowest BCUT2D eigenvalue weighted by Crippen LogP contribution is -2.49. The molecule has 0 amide bonds. The highest BCUT2D eigenvalue weighted by Gasteiger charge is 2.27. The average Bonchev–Trinajstić information content (AvgIpc) is 2.75. The number of carbonyl (C=O) groups excluding carboxylic acids is 2. The molecule has 1 atom stereocenters. The van der Waals surface area contributed by atoms with Gasteiger partial charge in [-0.3, -0.25) is 9.59 Å². The predicted molar refractivity (Wildman–Crippen MR) is 128 cm³/mol. The summed E-state index contributed by atoms with van der Waals surface area (Å²) in [5, 5.41) is 27.4. The first-order chi connectivity index (χ1) is 15.5. The van der Waals surface area contributed by atoms with E-state index in [1.165, 1.54) is 0 Å². The summed E-state index contributed by atoms with van der Waals surface area (Å²) >= 11 is 0. The SMILES string of the molecule is C=C(O)C(CCC(=O)C(C)(C)NCCOCCOCC(=O)C(C)(C)NCCOCCO)NC. The predicted octanol–water partition coefficient (Wildman–Crippen LogP) is 0.343. The Morgan fingerprint density at radius 3 is 1.91 bits per heavy atom. The Hall–Kier alpha value is -1.40. The van der Waals surface area contributed by atoms with Crippen LogP contribution in [-0.4, -0.2) is 105 Å². The van der Waals surface area contributed by atoms with Crippen molar-refractivity contribution in [3.8, 4) is 0 Å². The summed E-state index contributed by atoms with van der Waals surface area (Å²) in [7, 11) is 1.71. The average molecular weight is 476 g/mol. The van der Waals surface area contributed by atoms with E-state index in [4.69, 9.17) is 19.3 Å². The number of hydrogen-bond acceptors (Lipinski definition) is 10. The second kappa shape index (κ2) is 17.1. The molecule has 194 valence electrons. The van der Waals surface area contributed by atoms with Crippen molar-refractivity contribution in [3.05, 3.63) is 12.3 Å². The summed E-state index contributed by atoms with van der Waals surface area (Å²) in [6, 6.07) is -0.299. The third kappa shape index (κ3) is 14.5. The van der Waals surface area contributed by atoms with E-state index in [1.54, 1.807) is 20.9 Å². The first kappa shape index (κ1) is 31.6. The van der Waals surface area contributed by atoms with Crippen LogP contribution in [0.2, 0.25) is 0 Å². The lowest BCUT2D eigenvalue weighted by Gasteiger charge is -2.26. The molecule has 0 radical (unpaired) electrons. The van der Waals surface area contributed by atoms with Crippen LogP contribution in [0, 0.1) is 0 Å². The Labute approximate surface area is 198 Å². The summed E-state index contributed by atoms with van der Waals surface area (Å²) in [5.41, 5.74) is -1.44. The van der Waals surface area contributed by atoms with Gasteiger partial charge in [-0.05, 0) is 41.2 Å². The highest BCUT2D eigenvalue weighted by Crippen LogP contribution is 2.12. The van der Waals surface area contributed by atoms with E-state index in [-0.39, 0.29) is 43.2 Å². The molecule has 0 aromatic rings. The number of Topliss-reactive ketones (excluding diaryl/α,β-unsaturated/α-hetero) is 2. The molecule has 0 aliphatic rings. The largest absolute Gasteiger partial charge is 0.511 e. The summed E-state index contributed by atoms with van der Waals surface area (Å²) in [6.45, 7) is 13.4. The fraction of sp³-hybridized carbons (Fsp3) is 0.826. The van der Waals surface area contributed by atoms with E-state index in [0.717, 1.165) is 0 Å². The molecule has 0 bridgehead atoms. The molecule has 5 N–H and O–H groups in total. The van der Waals surface area contributed by atoms with Gasteiger partial charge in [0.1, 0.15) is 12.4 Å². The van der Waals surface area contributed by atoms with Crippen molar-refractivity contribution in [2.45, 2.75) is 57.7 Å². The topological polar surface area (TPSA) is 138 Å². The maximum atomic E-state index is 12.5. The van der Waals surface area contributed by atoms with Crippen LogP contribution in [-0.2, 0) is 23.8 Å². The minimum absolute atomic E-state index is 0.0193. The number of nitrogens with one attached hydrogen (secondary N) is 3. The smallest absolute Gasteiger partial charge is 0.177 e. The van der Waals surface area contributed by atoms with E-state index in [9.17, 15) is 14.7 Å². The Morgan fingerprint density at radius 2 is 1.39 bits per heavy atom. The van der Waals surface area contributed by atoms with Crippen molar-refractivity contribution in [3.63, 3.8) is 0 Å². The summed E-state index contributed by atoms with van der Waals surface area (Å²) in [4.78, 5) is 24.7. The fourth-order valence-corrected chi connectivity index (χ4v) is 2.87. The molecule has 0 heterocycles. The van der Waals surface area contributed by atoms with E-state index < -0.39 is 11.1 Å². The zero-order chi connectivity index (χ0) is 25.3. The minimum atomic E-state index is -0.733. The third-order valence-corrected chi connectivity index (χ3v) is 5.27. The van der Waals surface area contributed by atoms with Gasteiger partial charge in [-0.2, -0.15) is 0 Å². The molecule has 0 aromatic carbocycles. The van der Waals surface area contributed by atoms with Gasteiger partial charge in [0, 0.05) is 19.5 Å². The molecule has 10 heteroatoms. The number of aliphatic hydroxyl groups is 2. The Kier molecular flexibility index (Phi) is 16.4. The number of ketones is 2. The Morgan fingerprint density at radius 1 is 0.879 bits per heavy atom. The summed E-state index contributed by atoms with van der Waals surface area (Å²) in [6.07, 6.45) is 0.793. The number of carbonyl (C=O) groups is 2. The van der Waals surface area contributed by atoms with Crippen LogP contribution in [0.15, 0.2) is 12.3 Å². The van der Waals surface area contributed by atoms with Crippen molar-refractivity contribution in [2.24, 2.45) is 0 Å². The maximum Gasteiger partial charge on any atom is 0.177 e. The molecule has 0 aliphatic heterocycles. The van der Waals surface area contributed by atoms with Crippen molar-refractivity contribution in [1.82, 2.24) is 16.0 Å². The molecule has 33 heavy (non-hydrogen) atoms. The lowest BCUT2D eigenvalue weighted by atomic mass is 9.93. The van der Waals surface area contributed by atoms with Crippen LogP contribution in [0.25, 0.3) is 0 Å². The monoisotopic (exact) mass is 475 g/mol. The number of likely N-dealkylation sites (N-methyl/N-ethyl adjacent to an activating group) is 1. The second-order valence-electron chi connectivity index (χ2n) is 8.82. The highest BCUT2D eigenvalue weighted by atomic mass is 16.5. The Bertz CT molecular complexity index is 582. The molecule has 0 saturated carbocycles. The van der Waals surface area contributed by atoms with Crippen molar-refractivity contribution >= 4 is 11.6 Å². The van der Waals surface area contributed by atoms with Crippen LogP contribution in [0.5, 0.6) is 0 Å². The summed E-state index contributed by atoms with van der Waals surface area (Å²) < 4.78 is 16.1. The zero-order valence-corrected chi connectivity index (χ0v) is 21.0. The van der Waals surface area contributed by atoms with Crippen LogP contribution in [0.4, 0.5) is 0 Å². The molecule has 0 fully saturated rings. The highest BCUT2D eigenvalue weighted by molar-refractivity contribution is 5.88. The van der Waals surface area contributed by atoms with Crippen molar-refractivity contribution in [1.29, 1.82) is 0 Å². The second-order valence-corrected chi connectivity index (χ2v) is 8.82. The number of hydrogen-bond donors (Lipinski definition) is 5.